The number of hydrogen-bond donors (Lipinski definition) is 0. The quantitative estimate of drug-likeness (QED) is 0.430. The largest absolute Gasteiger partial charge is 0.491 e. The number of carbonyl (C=O) groups excluding carboxylic acids is 1. The first kappa shape index (κ1) is 24.8. The summed E-state index contributed by atoms with van der Waals surface area (Å²) in [7, 11) is 0. The number of aromatic nitrogens is 2. The van der Waals surface area contributed by atoms with Gasteiger partial charge in [0.15, 0.2) is 12.8 Å². The van der Waals surface area contributed by atoms with E-state index in [9.17, 15) is 4.79 Å². The Morgan fingerprint density at radius 3 is 2.75 bits per heavy atom. The molecule has 10 heteroatoms. The van der Waals surface area contributed by atoms with Gasteiger partial charge in [-0.05, 0) is 24.3 Å². The van der Waals surface area contributed by atoms with Gasteiger partial charge in [0.05, 0.1) is 37.6 Å². The van der Waals surface area contributed by atoms with Crippen molar-refractivity contribution in [1.82, 2.24) is 14.5 Å². The van der Waals surface area contributed by atoms with Crippen molar-refractivity contribution in [1.29, 1.82) is 0 Å². The molecule has 0 bridgehead atoms. The second-order valence-electron chi connectivity index (χ2n) is 8.81. The summed E-state index contributed by atoms with van der Waals surface area (Å²) in [5, 5.41) is 1.02. The van der Waals surface area contributed by atoms with E-state index in [1.54, 1.807) is 31.6 Å². The molecule has 3 aromatic rings. The molecule has 8 nitrogen and oxygen atoms in total. The standard InChI is InChI=1S/C26H27Cl2N4O4/c1-19(33)31-10-12-32(13-11-31)21-3-5-22(6-4-21)34-15-23-16-35-26(36-23,17-30-9-8-29-18-30)24-7-2-20(27)14-25(24)28/h2-9,12,14,18,23H,10-11,13,15-17H2,1H3/q+1/t23-,26-/m0/s1. The van der Waals surface area contributed by atoms with E-state index in [1.807, 2.05) is 52.2 Å². The molecule has 2 aliphatic rings. The van der Waals surface area contributed by atoms with Crippen LogP contribution < -0.4 is 4.74 Å². The number of nitrogens with zero attached hydrogens (tertiary/aromatic N) is 4. The molecule has 36 heavy (non-hydrogen) atoms. The van der Waals surface area contributed by atoms with E-state index in [0.717, 1.165) is 18.0 Å². The second kappa shape index (κ2) is 10.6. The molecule has 0 spiro atoms. The van der Waals surface area contributed by atoms with Crippen molar-refractivity contribution in [2.75, 3.05) is 32.8 Å². The summed E-state index contributed by atoms with van der Waals surface area (Å²) >= 11 is 12.7. The van der Waals surface area contributed by atoms with Gasteiger partial charge in [-0.15, -0.1) is 0 Å². The fourth-order valence-electron chi connectivity index (χ4n) is 4.43. The number of amides is 1. The Morgan fingerprint density at radius 1 is 1.25 bits per heavy atom. The molecule has 0 aliphatic carbocycles. The highest BCUT2D eigenvalue weighted by Crippen LogP contribution is 2.40. The van der Waals surface area contributed by atoms with Crippen LogP contribution in [0.15, 0.2) is 61.2 Å². The Balaban J connectivity index is 1.24. The van der Waals surface area contributed by atoms with Crippen LogP contribution in [0.5, 0.6) is 5.75 Å². The Hall–Kier alpha value is -2.91. The second-order valence-corrected chi connectivity index (χ2v) is 9.65. The zero-order valence-corrected chi connectivity index (χ0v) is 21.4. The van der Waals surface area contributed by atoms with Crippen LogP contribution >= 0.6 is 23.2 Å². The number of ether oxygens (including phenoxy) is 3. The number of carbonyl (C=O) groups is 1. The molecule has 2 aliphatic heterocycles. The number of benzene rings is 2. The molecule has 0 N–H and O–H groups in total. The smallest absolute Gasteiger partial charge is 0.220 e. The average Bonchev–Trinajstić information content (AvgIpc) is 3.54. The van der Waals surface area contributed by atoms with Crippen LogP contribution in [-0.2, 0) is 26.6 Å². The third kappa shape index (κ3) is 5.42. The lowest BCUT2D eigenvalue weighted by Gasteiger charge is -2.30. The molecule has 1 saturated heterocycles. The highest BCUT2D eigenvalue weighted by molar-refractivity contribution is 6.35. The summed E-state index contributed by atoms with van der Waals surface area (Å²) in [5.74, 6) is -0.250. The lowest BCUT2D eigenvalue weighted by Crippen LogP contribution is -2.40. The Labute approximate surface area is 219 Å². The van der Waals surface area contributed by atoms with Gasteiger partial charge < -0.3 is 23.7 Å². The monoisotopic (exact) mass is 529 g/mol. The van der Waals surface area contributed by atoms with Gasteiger partial charge in [0, 0.05) is 42.0 Å². The summed E-state index contributed by atoms with van der Waals surface area (Å²) in [4.78, 5) is 17.5. The van der Waals surface area contributed by atoms with Gasteiger partial charge in [0.2, 0.25) is 17.4 Å². The third-order valence-electron chi connectivity index (χ3n) is 6.33. The Kier molecular flexibility index (Phi) is 7.29. The highest BCUT2D eigenvalue weighted by atomic mass is 35.5. The van der Waals surface area contributed by atoms with Gasteiger partial charge in [0.1, 0.15) is 18.5 Å². The molecule has 5 rings (SSSR count). The molecular weight excluding hydrogens is 503 g/mol. The lowest BCUT2D eigenvalue weighted by molar-refractivity contribution is -0.442. The minimum Gasteiger partial charge on any atom is -0.491 e. The van der Waals surface area contributed by atoms with Gasteiger partial charge in [-0.2, -0.15) is 4.58 Å². The van der Waals surface area contributed by atoms with Crippen LogP contribution in [0.3, 0.4) is 0 Å². The molecule has 1 aromatic heterocycles. The van der Waals surface area contributed by atoms with Crippen molar-refractivity contribution in [3.63, 3.8) is 0 Å². The lowest BCUT2D eigenvalue weighted by atomic mass is 10.1. The molecule has 2 atom stereocenters. The number of rotatable bonds is 7. The molecular formula is C26H27Cl2N4O4+. The first-order valence-corrected chi connectivity index (χ1v) is 12.5. The maximum absolute atomic E-state index is 11.5. The van der Waals surface area contributed by atoms with E-state index < -0.39 is 5.79 Å². The number of halogens is 2. The van der Waals surface area contributed by atoms with Crippen LogP contribution in [0.2, 0.25) is 10.0 Å². The summed E-state index contributed by atoms with van der Waals surface area (Å²) in [6.45, 7) is 4.74. The van der Waals surface area contributed by atoms with E-state index in [0.29, 0.717) is 48.5 Å². The maximum Gasteiger partial charge on any atom is 0.220 e. The van der Waals surface area contributed by atoms with E-state index in [4.69, 9.17) is 37.4 Å². The van der Waals surface area contributed by atoms with Crippen molar-refractivity contribution < 1.29 is 23.6 Å². The van der Waals surface area contributed by atoms with Crippen LogP contribution in [0.4, 0.5) is 5.69 Å². The van der Waals surface area contributed by atoms with E-state index in [2.05, 4.69) is 9.56 Å². The minimum absolute atomic E-state index is 0.0973. The predicted molar refractivity (Wildman–Crippen MR) is 136 cm³/mol. The summed E-state index contributed by atoms with van der Waals surface area (Å²) < 4.78 is 22.7. The zero-order chi connectivity index (χ0) is 25.1. The summed E-state index contributed by atoms with van der Waals surface area (Å²) in [6, 6.07) is 13.2. The van der Waals surface area contributed by atoms with E-state index in [1.165, 1.54) is 0 Å². The van der Waals surface area contributed by atoms with Crippen LogP contribution in [-0.4, -0.2) is 70.1 Å². The maximum atomic E-state index is 11.5. The van der Waals surface area contributed by atoms with Gasteiger partial charge in [-0.3, -0.25) is 4.79 Å². The predicted octanol–water partition coefficient (Wildman–Crippen LogP) is 4.11. The van der Waals surface area contributed by atoms with Crippen molar-refractivity contribution in [2.45, 2.75) is 25.4 Å². The number of imidazole rings is 1. The molecule has 188 valence electrons. The average molecular weight is 530 g/mol. The van der Waals surface area contributed by atoms with Crippen molar-refractivity contribution in [3.8, 4) is 5.75 Å². The number of hydrogen-bond acceptors (Lipinski definition) is 5. The van der Waals surface area contributed by atoms with Crippen molar-refractivity contribution in [3.05, 3.63) is 76.8 Å². The molecule has 0 saturated carbocycles. The SMILES string of the molecule is CC(=O)N1CC=[N+](c2ccc(OC[C@H]3CO[C@](Cn4ccnc4)(c4ccc(Cl)cc4Cl)O3)cc2)CC1. The minimum atomic E-state index is -1.09. The summed E-state index contributed by atoms with van der Waals surface area (Å²) in [6.07, 6.45) is 7.00. The van der Waals surface area contributed by atoms with Crippen molar-refractivity contribution >= 4 is 41.0 Å². The van der Waals surface area contributed by atoms with Gasteiger partial charge in [-0.1, -0.05) is 29.3 Å². The van der Waals surface area contributed by atoms with Gasteiger partial charge in [-0.25, -0.2) is 4.98 Å². The van der Waals surface area contributed by atoms with Crippen LogP contribution in [0, 0.1) is 0 Å². The van der Waals surface area contributed by atoms with E-state index >= 15 is 0 Å². The van der Waals surface area contributed by atoms with Crippen LogP contribution in [0.1, 0.15) is 12.5 Å². The zero-order valence-electron chi connectivity index (χ0n) is 19.8. The highest BCUT2D eigenvalue weighted by Gasteiger charge is 2.45. The third-order valence-corrected chi connectivity index (χ3v) is 6.88. The van der Waals surface area contributed by atoms with Gasteiger partial charge in [0.25, 0.3) is 0 Å². The Bertz CT molecular complexity index is 1250. The first-order valence-electron chi connectivity index (χ1n) is 11.7. The molecule has 3 heterocycles. The van der Waals surface area contributed by atoms with Gasteiger partial charge >= 0.3 is 0 Å². The molecule has 2 aromatic carbocycles. The molecule has 1 amide bonds. The fourth-order valence-corrected chi connectivity index (χ4v) is 4.98. The summed E-state index contributed by atoms with van der Waals surface area (Å²) in [5.41, 5.74) is 1.76. The molecule has 0 radical (unpaired) electrons. The molecule has 1 fully saturated rings. The molecule has 0 unspecified atom stereocenters. The van der Waals surface area contributed by atoms with Crippen LogP contribution in [0.25, 0.3) is 0 Å². The van der Waals surface area contributed by atoms with E-state index in [-0.39, 0.29) is 12.0 Å². The fraction of sp³-hybridized carbons (Fsp3) is 0.346. The Morgan fingerprint density at radius 2 is 2.08 bits per heavy atom. The topological polar surface area (TPSA) is 68.8 Å². The normalized spacial score (nSPS) is 21.9. The van der Waals surface area contributed by atoms with Crippen molar-refractivity contribution in [2.24, 2.45) is 0 Å². The first-order chi connectivity index (χ1) is 17.4.